The fourth-order valence-corrected chi connectivity index (χ4v) is 2.99. The van der Waals surface area contributed by atoms with E-state index in [0.717, 1.165) is 23.3 Å². The molecule has 3 heteroatoms. The predicted octanol–water partition coefficient (Wildman–Crippen LogP) is 3.84. The number of aryl methyl sites for hydroxylation is 1. The molecule has 1 atom stereocenters. The lowest BCUT2D eigenvalue weighted by Gasteiger charge is -2.34. The van der Waals surface area contributed by atoms with Crippen molar-refractivity contribution < 1.29 is 9.84 Å². The van der Waals surface area contributed by atoms with Gasteiger partial charge in [0.05, 0.1) is 13.2 Å². The highest BCUT2D eigenvalue weighted by Crippen LogP contribution is 2.29. The van der Waals surface area contributed by atoms with E-state index in [1.807, 2.05) is 25.1 Å². The number of aliphatic hydroxyl groups excluding tert-OH is 1. The van der Waals surface area contributed by atoms with Gasteiger partial charge in [0, 0.05) is 17.6 Å². The topological polar surface area (TPSA) is 41.5 Å². The molecule has 120 valence electrons. The summed E-state index contributed by atoms with van der Waals surface area (Å²) in [5, 5.41) is 14.0. The first-order chi connectivity index (χ1) is 9.54. The fourth-order valence-electron chi connectivity index (χ4n) is 2.99. The molecular weight excluding hydrogens is 262 g/mol. The number of aliphatic hydroxyl groups is 1. The van der Waals surface area contributed by atoms with Crippen LogP contribution in [0, 0.1) is 12.3 Å². The minimum atomic E-state index is -0.570. The number of rotatable bonds is 6. The van der Waals surface area contributed by atoms with Crippen LogP contribution in [0.2, 0.25) is 0 Å². The summed E-state index contributed by atoms with van der Waals surface area (Å²) in [7, 11) is 1.64. The SMILES string of the molecule is COc1ccc(C)cc1C(O)CNC(C)(C)CC(C)(C)C. The maximum Gasteiger partial charge on any atom is 0.124 e. The highest BCUT2D eigenvalue weighted by molar-refractivity contribution is 5.38. The van der Waals surface area contributed by atoms with Gasteiger partial charge in [-0.15, -0.1) is 0 Å². The van der Waals surface area contributed by atoms with Crippen LogP contribution in [0.5, 0.6) is 5.75 Å². The molecule has 0 aromatic heterocycles. The molecule has 1 unspecified atom stereocenters. The Labute approximate surface area is 129 Å². The summed E-state index contributed by atoms with van der Waals surface area (Å²) in [6, 6.07) is 5.89. The Hall–Kier alpha value is -1.06. The highest BCUT2D eigenvalue weighted by atomic mass is 16.5. The summed E-state index contributed by atoms with van der Waals surface area (Å²) < 4.78 is 5.35. The summed E-state index contributed by atoms with van der Waals surface area (Å²) in [5.41, 5.74) is 2.20. The second-order valence-corrected chi connectivity index (χ2v) is 7.76. The van der Waals surface area contributed by atoms with Crippen LogP contribution < -0.4 is 10.1 Å². The van der Waals surface area contributed by atoms with Gasteiger partial charge in [-0.25, -0.2) is 0 Å². The molecule has 0 bridgehead atoms. The Morgan fingerprint density at radius 1 is 1.19 bits per heavy atom. The van der Waals surface area contributed by atoms with Crippen LogP contribution in [-0.4, -0.2) is 24.3 Å². The molecule has 21 heavy (non-hydrogen) atoms. The molecule has 1 rings (SSSR count). The fraction of sp³-hybridized carbons (Fsp3) is 0.667. The van der Waals surface area contributed by atoms with Crippen molar-refractivity contribution in [1.29, 1.82) is 0 Å². The van der Waals surface area contributed by atoms with E-state index in [2.05, 4.69) is 39.9 Å². The largest absolute Gasteiger partial charge is 0.496 e. The summed E-state index contributed by atoms with van der Waals surface area (Å²) in [5.74, 6) is 0.739. The molecule has 0 heterocycles. The number of hydrogen-bond acceptors (Lipinski definition) is 3. The van der Waals surface area contributed by atoms with Crippen molar-refractivity contribution >= 4 is 0 Å². The molecule has 1 aromatic rings. The molecule has 0 aliphatic carbocycles. The Bertz CT molecular complexity index is 461. The molecule has 2 N–H and O–H groups in total. The molecule has 0 saturated heterocycles. The Morgan fingerprint density at radius 3 is 2.33 bits per heavy atom. The highest BCUT2D eigenvalue weighted by Gasteiger charge is 2.26. The van der Waals surface area contributed by atoms with Gasteiger partial charge in [0.2, 0.25) is 0 Å². The zero-order valence-corrected chi connectivity index (χ0v) is 14.6. The van der Waals surface area contributed by atoms with Crippen LogP contribution >= 0.6 is 0 Å². The normalized spacial score (nSPS) is 14.1. The third kappa shape index (κ3) is 6.06. The van der Waals surface area contributed by atoms with Crippen LogP contribution in [0.15, 0.2) is 18.2 Å². The maximum atomic E-state index is 10.5. The number of β-amino-alcohol motifs (C(OH)–C–C–N with tert-alkyl or cyclic N) is 1. The first-order valence-electron chi connectivity index (χ1n) is 7.62. The lowest BCUT2D eigenvalue weighted by molar-refractivity contribution is 0.145. The average molecular weight is 293 g/mol. The Morgan fingerprint density at radius 2 is 1.81 bits per heavy atom. The van der Waals surface area contributed by atoms with Gasteiger partial charge in [-0.2, -0.15) is 0 Å². The van der Waals surface area contributed by atoms with Gasteiger partial charge in [-0.1, -0.05) is 32.4 Å². The van der Waals surface area contributed by atoms with Crippen molar-refractivity contribution in [2.75, 3.05) is 13.7 Å². The van der Waals surface area contributed by atoms with Crippen molar-refractivity contribution in [2.45, 2.75) is 59.6 Å². The molecule has 0 aliphatic heterocycles. The van der Waals surface area contributed by atoms with Crippen LogP contribution in [-0.2, 0) is 0 Å². The third-order valence-corrected chi connectivity index (χ3v) is 3.49. The lowest BCUT2D eigenvalue weighted by atomic mass is 9.81. The van der Waals surface area contributed by atoms with Gasteiger partial charge in [0.25, 0.3) is 0 Å². The molecule has 0 aliphatic rings. The van der Waals surface area contributed by atoms with Gasteiger partial charge in [-0.3, -0.25) is 0 Å². The average Bonchev–Trinajstić information content (AvgIpc) is 2.33. The van der Waals surface area contributed by atoms with E-state index in [4.69, 9.17) is 4.74 Å². The Kier molecular flexibility index (Phi) is 5.83. The number of hydrogen-bond donors (Lipinski definition) is 2. The van der Waals surface area contributed by atoms with Crippen molar-refractivity contribution in [3.05, 3.63) is 29.3 Å². The monoisotopic (exact) mass is 293 g/mol. The van der Waals surface area contributed by atoms with Crippen LogP contribution in [0.25, 0.3) is 0 Å². The molecule has 0 radical (unpaired) electrons. The summed E-state index contributed by atoms with van der Waals surface area (Å²) >= 11 is 0. The standard InChI is InChI=1S/C18H31NO2/c1-13-8-9-16(21-7)14(10-13)15(20)11-19-18(5,6)12-17(2,3)4/h8-10,15,19-20H,11-12H2,1-7H3. The first-order valence-corrected chi connectivity index (χ1v) is 7.62. The van der Waals surface area contributed by atoms with E-state index in [9.17, 15) is 5.11 Å². The molecule has 3 nitrogen and oxygen atoms in total. The second-order valence-electron chi connectivity index (χ2n) is 7.76. The van der Waals surface area contributed by atoms with Gasteiger partial charge >= 0.3 is 0 Å². The zero-order chi connectivity index (χ0) is 16.3. The number of ether oxygens (including phenoxy) is 1. The molecule has 1 aromatic carbocycles. The third-order valence-electron chi connectivity index (χ3n) is 3.49. The number of methoxy groups -OCH3 is 1. The van der Waals surface area contributed by atoms with Crippen molar-refractivity contribution in [2.24, 2.45) is 5.41 Å². The summed E-state index contributed by atoms with van der Waals surface area (Å²) in [6.45, 7) is 13.6. The van der Waals surface area contributed by atoms with Crippen molar-refractivity contribution in [1.82, 2.24) is 5.32 Å². The number of nitrogens with one attached hydrogen (secondary N) is 1. The van der Waals surface area contributed by atoms with E-state index in [1.54, 1.807) is 7.11 Å². The summed E-state index contributed by atoms with van der Waals surface area (Å²) in [6.07, 6.45) is 0.469. The van der Waals surface area contributed by atoms with Crippen LogP contribution in [0.1, 0.15) is 58.3 Å². The van der Waals surface area contributed by atoms with E-state index in [0.29, 0.717) is 6.54 Å². The molecule has 0 fully saturated rings. The second kappa shape index (κ2) is 6.80. The number of benzene rings is 1. The van der Waals surface area contributed by atoms with Gasteiger partial charge in [-0.05, 0) is 44.7 Å². The van der Waals surface area contributed by atoms with Crippen LogP contribution in [0.3, 0.4) is 0 Å². The molecule has 0 amide bonds. The quantitative estimate of drug-likeness (QED) is 0.837. The zero-order valence-electron chi connectivity index (χ0n) is 14.6. The van der Waals surface area contributed by atoms with E-state index >= 15 is 0 Å². The molecular formula is C18H31NO2. The van der Waals surface area contributed by atoms with Gasteiger partial charge in [0.15, 0.2) is 0 Å². The molecule has 0 saturated carbocycles. The van der Waals surface area contributed by atoms with Gasteiger partial charge in [0.1, 0.15) is 5.75 Å². The van der Waals surface area contributed by atoms with Gasteiger partial charge < -0.3 is 15.2 Å². The smallest absolute Gasteiger partial charge is 0.124 e. The van der Waals surface area contributed by atoms with Crippen molar-refractivity contribution in [3.8, 4) is 5.75 Å². The minimum Gasteiger partial charge on any atom is -0.496 e. The maximum absolute atomic E-state index is 10.5. The first kappa shape index (κ1) is 18.0. The molecule has 0 spiro atoms. The minimum absolute atomic E-state index is 0.0176. The van der Waals surface area contributed by atoms with Crippen LogP contribution in [0.4, 0.5) is 0 Å². The van der Waals surface area contributed by atoms with E-state index in [-0.39, 0.29) is 11.0 Å². The lowest BCUT2D eigenvalue weighted by Crippen LogP contribution is -2.44. The Balaban J connectivity index is 2.74. The van der Waals surface area contributed by atoms with E-state index < -0.39 is 6.10 Å². The van der Waals surface area contributed by atoms with Crippen molar-refractivity contribution in [3.63, 3.8) is 0 Å². The predicted molar refractivity (Wildman–Crippen MR) is 88.8 cm³/mol. The summed E-state index contributed by atoms with van der Waals surface area (Å²) in [4.78, 5) is 0. The van der Waals surface area contributed by atoms with E-state index in [1.165, 1.54) is 0 Å².